The van der Waals surface area contributed by atoms with Crippen LogP contribution in [0.3, 0.4) is 0 Å². The molecule has 1 atom stereocenters. The largest absolute Gasteiger partial charge is 0.352 e. The van der Waals surface area contributed by atoms with E-state index < -0.39 is 6.04 Å². The van der Waals surface area contributed by atoms with Gasteiger partial charge in [-0.1, -0.05) is 72.5 Å². The van der Waals surface area contributed by atoms with Crippen molar-refractivity contribution in [2.45, 2.75) is 71.0 Å². The molecule has 0 aromatic heterocycles. The van der Waals surface area contributed by atoms with Crippen LogP contribution in [0.5, 0.6) is 0 Å². The van der Waals surface area contributed by atoms with Crippen molar-refractivity contribution in [2.75, 3.05) is 0 Å². The highest BCUT2D eigenvalue weighted by Crippen LogP contribution is 2.20. The highest BCUT2D eigenvalue weighted by atomic mass is 35.5. The second kappa shape index (κ2) is 10.6. The van der Waals surface area contributed by atoms with Crippen LogP contribution in [0.25, 0.3) is 0 Å². The predicted octanol–water partition coefficient (Wildman–Crippen LogP) is 5.06. The van der Waals surface area contributed by atoms with Crippen LogP contribution in [-0.2, 0) is 22.6 Å². The van der Waals surface area contributed by atoms with E-state index in [-0.39, 0.29) is 17.9 Å². The van der Waals surface area contributed by atoms with Crippen molar-refractivity contribution < 1.29 is 9.59 Å². The Morgan fingerprint density at radius 2 is 1.87 bits per heavy atom. The zero-order valence-electron chi connectivity index (χ0n) is 17.9. The number of nitrogens with one attached hydrogen (secondary N) is 1. The van der Waals surface area contributed by atoms with Crippen LogP contribution in [0, 0.1) is 6.92 Å². The summed E-state index contributed by atoms with van der Waals surface area (Å²) in [6, 6.07) is 15.4. The maximum atomic E-state index is 13.2. The van der Waals surface area contributed by atoms with E-state index >= 15 is 0 Å². The summed E-state index contributed by atoms with van der Waals surface area (Å²) in [6.45, 7) is 4.28. The molecule has 30 heavy (non-hydrogen) atoms. The molecule has 1 fully saturated rings. The van der Waals surface area contributed by atoms with Crippen molar-refractivity contribution >= 4 is 23.4 Å². The zero-order valence-corrected chi connectivity index (χ0v) is 18.6. The summed E-state index contributed by atoms with van der Waals surface area (Å²) in [4.78, 5) is 27.8. The summed E-state index contributed by atoms with van der Waals surface area (Å²) in [5.41, 5.74) is 3.12. The second-order valence-electron chi connectivity index (χ2n) is 8.27. The lowest BCUT2D eigenvalue weighted by Crippen LogP contribution is -2.49. The Kier molecular flexibility index (Phi) is 7.92. The summed E-state index contributed by atoms with van der Waals surface area (Å²) < 4.78 is 0. The Morgan fingerprint density at radius 3 is 2.57 bits per heavy atom. The minimum Gasteiger partial charge on any atom is -0.352 e. The molecule has 1 aliphatic carbocycles. The molecule has 0 radical (unpaired) electrons. The number of aryl methyl sites for hydroxylation is 2. The maximum absolute atomic E-state index is 13.2. The minimum absolute atomic E-state index is 0.0366. The Balaban J connectivity index is 1.72. The number of nitrogens with zero attached hydrogens (tertiary/aromatic N) is 1. The lowest BCUT2D eigenvalue weighted by atomic mass is 10.1. The molecule has 2 amide bonds. The van der Waals surface area contributed by atoms with E-state index in [2.05, 4.69) is 11.4 Å². The highest BCUT2D eigenvalue weighted by Gasteiger charge is 2.28. The van der Waals surface area contributed by atoms with Crippen LogP contribution >= 0.6 is 11.6 Å². The van der Waals surface area contributed by atoms with Gasteiger partial charge in [-0.15, -0.1) is 0 Å². The summed E-state index contributed by atoms with van der Waals surface area (Å²) in [5.74, 6) is -0.105. The van der Waals surface area contributed by atoms with Crippen molar-refractivity contribution in [3.05, 3.63) is 70.2 Å². The van der Waals surface area contributed by atoms with Gasteiger partial charge in [-0.2, -0.15) is 0 Å². The van der Waals surface area contributed by atoms with Crippen molar-refractivity contribution in [1.82, 2.24) is 10.2 Å². The SMILES string of the molecule is Cc1cccc(CN(C(=O)CCc2ccccc2Cl)C(C)C(=O)NC2CCCC2)c1. The molecular weight excluding hydrogens is 396 g/mol. The molecule has 2 aromatic rings. The Hall–Kier alpha value is -2.33. The molecule has 0 saturated heterocycles. The van der Waals surface area contributed by atoms with Gasteiger partial charge < -0.3 is 10.2 Å². The second-order valence-corrected chi connectivity index (χ2v) is 8.68. The zero-order chi connectivity index (χ0) is 21.5. The van der Waals surface area contributed by atoms with Gasteiger partial charge in [0, 0.05) is 24.0 Å². The fourth-order valence-electron chi connectivity index (χ4n) is 4.07. The van der Waals surface area contributed by atoms with E-state index in [0.717, 1.165) is 42.4 Å². The summed E-state index contributed by atoms with van der Waals surface area (Å²) in [5, 5.41) is 3.81. The summed E-state index contributed by atoms with van der Waals surface area (Å²) in [7, 11) is 0. The van der Waals surface area contributed by atoms with E-state index in [1.54, 1.807) is 4.90 Å². The average Bonchev–Trinajstić information content (AvgIpc) is 3.24. The molecule has 5 heteroatoms. The first-order chi connectivity index (χ1) is 14.4. The fraction of sp³-hybridized carbons (Fsp3) is 0.440. The number of benzene rings is 2. The molecule has 0 bridgehead atoms. The van der Waals surface area contributed by atoms with E-state index in [1.807, 2.05) is 56.3 Å². The smallest absolute Gasteiger partial charge is 0.242 e. The van der Waals surface area contributed by atoms with Crippen molar-refractivity contribution in [2.24, 2.45) is 0 Å². The van der Waals surface area contributed by atoms with Crippen LogP contribution < -0.4 is 5.32 Å². The molecule has 1 N–H and O–H groups in total. The monoisotopic (exact) mass is 426 g/mol. The number of carbonyl (C=O) groups excluding carboxylic acids is 2. The van der Waals surface area contributed by atoms with Crippen LogP contribution in [0.4, 0.5) is 0 Å². The van der Waals surface area contributed by atoms with Crippen molar-refractivity contribution in [3.8, 4) is 0 Å². The molecule has 0 aliphatic heterocycles. The van der Waals surface area contributed by atoms with Crippen molar-refractivity contribution in [3.63, 3.8) is 0 Å². The third-order valence-electron chi connectivity index (χ3n) is 5.87. The summed E-state index contributed by atoms with van der Waals surface area (Å²) >= 11 is 6.25. The normalized spacial score (nSPS) is 15.0. The van der Waals surface area contributed by atoms with Gasteiger partial charge >= 0.3 is 0 Å². The first-order valence-corrected chi connectivity index (χ1v) is 11.2. The topological polar surface area (TPSA) is 49.4 Å². The van der Waals surface area contributed by atoms with Gasteiger partial charge in [0.1, 0.15) is 6.04 Å². The van der Waals surface area contributed by atoms with E-state index in [0.29, 0.717) is 24.4 Å². The van der Waals surface area contributed by atoms with Crippen LogP contribution in [0.2, 0.25) is 5.02 Å². The standard InChI is InChI=1S/C25H31ClN2O2/c1-18-8-7-9-20(16-18)17-28(19(2)25(30)27-22-11-4-5-12-22)24(29)15-14-21-10-3-6-13-23(21)26/h3,6-10,13,16,19,22H,4-5,11-12,14-15,17H2,1-2H3,(H,27,30). The van der Waals surface area contributed by atoms with Crippen LogP contribution in [-0.4, -0.2) is 28.8 Å². The lowest BCUT2D eigenvalue weighted by molar-refractivity contribution is -0.140. The number of carbonyl (C=O) groups is 2. The third-order valence-corrected chi connectivity index (χ3v) is 6.24. The molecule has 1 saturated carbocycles. The Morgan fingerprint density at radius 1 is 1.13 bits per heavy atom. The minimum atomic E-state index is -0.523. The molecule has 1 aliphatic rings. The first kappa shape index (κ1) is 22.4. The van der Waals surface area contributed by atoms with Gasteiger partial charge in [-0.05, 0) is 50.3 Å². The maximum Gasteiger partial charge on any atom is 0.242 e. The molecule has 4 nitrogen and oxygen atoms in total. The number of hydrogen-bond acceptors (Lipinski definition) is 2. The molecular formula is C25H31ClN2O2. The van der Waals surface area contributed by atoms with Crippen molar-refractivity contribution in [1.29, 1.82) is 0 Å². The van der Waals surface area contributed by atoms with Gasteiger partial charge in [0.05, 0.1) is 0 Å². The van der Waals surface area contributed by atoms with Gasteiger partial charge in [0.25, 0.3) is 0 Å². The van der Waals surface area contributed by atoms with Gasteiger partial charge in [-0.3, -0.25) is 9.59 Å². The summed E-state index contributed by atoms with van der Waals surface area (Å²) in [6.07, 6.45) is 5.23. The van der Waals surface area contributed by atoms with E-state index in [1.165, 1.54) is 0 Å². The molecule has 0 heterocycles. The molecule has 160 valence electrons. The lowest BCUT2D eigenvalue weighted by Gasteiger charge is -2.30. The van der Waals surface area contributed by atoms with Crippen LogP contribution in [0.1, 0.15) is 55.7 Å². The predicted molar refractivity (Wildman–Crippen MR) is 121 cm³/mol. The van der Waals surface area contributed by atoms with Crippen LogP contribution in [0.15, 0.2) is 48.5 Å². The number of amides is 2. The Bertz CT molecular complexity index is 877. The number of hydrogen-bond donors (Lipinski definition) is 1. The van der Waals surface area contributed by atoms with E-state index in [9.17, 15) is 9.59 Å². The Labute approximate surface area is 184 Å². The fourth-order valence-corrected chi connectivity index (χ4v) is 4.30. The van der Waals surface area contributed by atoms with Gasteiger partial charge in [-0.25, -0.2) is 0 Å². The average molecular weight is 427 g/mol. The van der Waals surface area contributed by atoms with Gasteiger partial charge in [0.15, 0.2) is 0 Å². The van der Waals surface area contributed by atoms with E-state index in [4.69, 9.17) is 11.6 Å². The quantitative estimate of drug-likeness (QED) is 0.641. The number of rotatable bonds is 8. The third kappa shape index (κ3) is 6.09. The first-order valence-electron chi connectivity index (χ1n) is 10.8. The van der Waals surface area contributed by atoms with Gasteiger partial charge in [0.2, 0.25) is 11.8 Å². The molecule has 1 unspecified atom stereocenters. The molecule has 0 spiro atoms. The highest BCUT2D eigenvalue weighted by molar-refractivity contribution is 6.31. The number of halogens is 1. The molecule has 2 aromatic carbocycles. The molecule has 3 rings (SSSR count).